The van der Waals surface area contributed by atoms with Crippen molar-refractivity contribution in [1.29, 1.82) is 0 Å². The molecule has 1 aromatic rings. The molecule has 1 fully saturated rings. The first-order valence-corrected chi connectivity index (χ1v) is 7.58. The van der Waals surface area contributed by atoms with Crippen LogP contribution in [-0.2, 0) is 19.4 Å². The van der Waals surface area contributed by atoms with Crippen LogP contribution in [0.3, 0.4) is 0 Å². The Kier molecular flexibility index (Phi) is 3.69. The van der Waals surface area contributed by atoms with E-state index in [4.69, 9.17) is 0 Å². The van der Waals surface area contributed by atoms with E-state index in [1.165, 1.54) is 69.8 Å². The Hall–Kier alpha value is -0.830. The maximum absolute atomic E-state index is 4.65. The van der Waals surface area contributed by atoms with E-state index in [-0.39, 0.29) is 0 Å². The average molecular weight is 247 g/mol. The van der Waals surface area contributed by atoms with E-state index in [1.54, 1.807) is 0 Å². The molecule has 0 aromatic carbocycles. The molecule has 1 unspecified atom stereocenters. The third-order valence-electron chi connectivity index (χ3n) is 4.51. The van der Waals surface area contributed by atoms with Crippen LogP contribution in [0.2, 0.25) is 0 Å². The lowest BCUT2D eigenvalue weighted by molar-refractivity contribution is 0.228. The van der Waals surface area contributed by atoms with Crippen LogP contribution in [0.25, 0.3) is 0 Å². The maximum atomic E-state index is 4.65. The zero-order chi connectivity index (χ0) is 12.4. The number of hydrogen-bond acceptors (Lipinski definition) is 2. The van der Waals surface area contributed by atoms with Crippen molar-refractivity contribution in [2.45, 2.75) is 52.0 Å². The molecule has 3 nitrogen and oxygen atoms in total. The molecular weight excluding hydrogens is 222 g/mol. The van der Waals surface area contributed by atoms with Gasteiger partial charge in [-0.05, 0) is 44.7 Å². The second-order valence-corrected chi connectivity index (χ2v) is 6.07. The molecule has 100 valence electrons. The lowest BCUT2D eigenvalue weighted by atomic mass is 10.0. The fraction of sp³-hybridized carbons (Fsp3) is 0.800. The van der Waals surface area contributed by atoms with Gasteiger partial charge in [0.15, 0.2) is 0 Å². The largest absolute Gasteiger partial charge is 0.332 e. The van der Waals surface area contributed by atoms with Crippen LogP contribution in [0.15, 0.2) is 6.20 Å². The second-order valence-electron chi connectivity index (χ2n) is 6.07. The molecule has 0 aliphatic carbocycles. The minimum atomic E-state index is 0.820. The van der Waals surface area contributed by atoms with Crippen molar-refractivity contribution in [2.75, 3.05) is 19.6 Å². The van der Waals surface area contributed by atoms with Crippen LogP contribution in [0.5, 0.6) is 0 Å². The van der Waals surface area contributed by atoms with Gasteiger partial charge in [0.2, 0.25) is 0 Å². The molecule has 0 N–H and O–H groups in total. The van der Waals surface area contributed by atoms with E-state index in [0.717, 1.165) is 12.3 Å². The van der Waals surface area contributed by atoms with Crippen molar-refractivity contribution in [2.24, 2.45) is 5.92 Å². The molecule has 0 spiro atoms. The van der Waals surface area contributed by atoms with Crippen LogP contribution in [0, 0.1) is 5.92 Å². The van der Waals surface area contributed by atoms with Crippen molar-refractivity contribution in [3.05, 3.63) is 17.7 Å². The second kappa shape index (κ2) is 5.43. The number of rotatable bonds is 3. The van der Waals surface area contributed by atoms with Crippen molar-refractivity contribution >= 4 is 0 Å². The average Bonchev–Trinajstić information content (AvgIpc) is 2.80. The summed E-state index contributed by atoms with van der Waals surface area (Å²) >= 11 is 0. The summed E-state index contributed by atoms with van der Waals surface area (Å²) in [6.07, 6.45) is 9.99. The summed E-state index contributed by atoms with van der Waals surface area (Å²) in [7, 11) is 0. The fourth-order valence-corrected chi connectivity index (χ4v) is 3.31. The van der Waals surface area contributed by atoms with Gasteiger partial charge in [-0.2, -0.15) is 0 Å². The van der Waals surface area contributed by atoms with Gasteiger partial charge in [0.25, 0.3) is 0 Å². The smallest absolute Gasteiger partial charge is 0.110 e. The van der Waals surface area contributed by atoms with Crippen LogP contribution >= 0.6 is 0 Å². The molecule has 1 saturated heterocycles. The molecule has 3 heteroatoms. The van der Waals surface area contributed by atoms with Gasteiger partial charge in [-0.3, -0.25) is 0 Å². The van der Waals surface area contributed by atoms with Gasteiger partial charge in [-0.15, -0.1) is 0 Å². The molecule has 2 aliphatic heterocycles. The number of nitrogens with zero attached hydrogens (tertiary/aromatic N) is 3. The van der Waals surface area contributed by atoms with Crippen LogP contribution in [0.4, 0.5) is 0 Å². The standard InChI is InChI=1S/C15H25N3/c1-13-5-6-14-11-16-15(18(14)12-13)7-10-17-8-3-2-4-9-17/h11,13H,2-10,12H2,1H3. The van der Waals surface area contributed by atoms with E-state index in [2.05, 4.69) is 27.6 Å². The number of piperidine rings is 1. The van der Waals surface area contributed by atoms with Gasteiger partial charge in [0.05, 0.1) is 0 Å². The summed E-state index contributed by atoms with van der Waals surface area (Å²) in [5, 5.41) is 0. The summed E-state index contributed by atoms with van der Waals surface area (Å²) in [5.41, 5.74) is 1.46. The monoisotopic (exact) mass is 247 g/mol. The molecule has 3 heterocycles. The topological polar surface area (TPSA) is 21.1 Å². The SMILES string of the molecule is CC1CCc2cnc(CCN3CCCCC3)n2C1. The molecule has 18 heavy (non-hydrogen) atoms. The van der Waals surface area contributed by atoms with Crippen LogP contribution < -0.4 is 0 Å². The molecule has 2 aliphatic rings. The lowest BCUT2D eigenvalue weighted by Gasteiger charge is -2.27. The quantitative estimate of drug-likeness (QED) is 0.818. The summed E-state index contributed by atoms with van der Waals surface area (Å²) in [6, 6.07) is 0. The Morgan fingerprint density at radius 2 is 2.11 bits per heavy atom. The highest BCUT2D eigenvalue weighted by Crippen LogP contribution is 2.21. The highest BCUT2D eigenvalue weighted by Gasteiger charge is 2.19. The summed E-state index contributed by atoms with van der Waals surface area (Å²) < 4.78 is 2.48. The first-order valence-electron chi connectivity index (χ1n) is 7.58. The van der Waals surface area contributed by atoms with Gasteiger partial charge in [-0.1, -0.05) is 13.3 Å². The number of imidazole rings is 1. The predicted molar refractivity (Wildman–Crippen MR) is 73.7 cm³/mol. The third kappa shape index (κ3) is 2.61. The molecule has 0 bridgehead atoms. The zero-order valence-electron chi connectivity index (χ0n) is 11.6. The Labute approximate surface area is 110 Å². The van der Waals surface area contributed by atoms with E-state index in [0.29, 0.717) is 0 Å². The minimum Gasteiger partial charge on any atom is -0.332 e. The summed E-state index contributed by atoms with van der Waals surface area (Å²) in [5.74, 6) is 2.14. The lowest BCUT2D eigenvalue weighted by Crippen LogP contribution is -2.32. The van der Waals surface area contributed by atoms with Crippen LogP contribution in [-0.4, -0.2) is 34.1 Å². The van der Waals surface area contributed by atoms with Crippen molar-refractivity contribution < 1.29 is 0 Å². The normalized spacial score (nSPS) is 25.1. The highest BCUT2D eigenvalue weighted by atomic mass is 15.1. The molecular formula is C15H25N3. The summed E-state index contributed by atoms with van der Waals surface area (Å²) in [6.45, 7) is 7.33. The summed E-state index contributed by atoms with van der Waals surface area (Å²) in [4.78, 5) is 7.26. The Bertz CT molecular complexity index is 390. The maximum Gasteiger partial charge on any atom is 0.110 e. The Morgan fingerprint density at radius 3 is 2.94 bits per heavy atom. The van der Waals surface area contributed by atoms with Crippen molar-refractivity contribution in [1.82, 2.24) is 14.5 Å². The molecule has 1 aromatic heterocycles. The van der Waals surface area contributed by atoms with E-state index in [9.17, 15) is 0 Å². The van der Waals surface area contributed by atoms with Crippen molar-refractivity contribution in [3.63, 3.8) is 0 Å². The molecule has 0 amide bonds. The van der Waals surface area contributed by atoms with Gasteiger partial charge in [0, 0.05) is 31.4 Å². The number of aryl methyl sites for hydroxylation is 1. The first kappa shape index (κ1) is 12.2. The minimum absolute atomic E-state index is 0.820. The first-order chi connectivity index (χ1) is 8.83. The molecule has 1 atom stereocenters. The highest BCUT2D eigenvalue weighted by molar-refractivity contribution is 5.09. The fourth-order valence-electron chi connectivity index (χ4n) is 3.31. The van der Waals surface area contributed by atoms with E-state index in [1.807, 2.05) is 0 Å². The molecule has 3 rings (SSSR count). The Morgan fingerprint density at radius 1 is 1.28 bits per heavy atom. The van der Waals surface area contributed by atoms with Crippen molar-refractivity contribution in [3.8, 4) is 0 Å². The zero-order valence-corrected chi connectivity index (χ0v) is 11.6. The van der Waals surface area contributed by atoms with Gasteiger partial charge < -0.3 is 9.47 Å². The van der Waals surface area contributed by atoms with Gasteiger partial charge in [-0.25, -0.2) is 4.98 Å². The number of fused-ring (bicyclic) bond motifs is 1. The number of hydrogen-bond donors (Lipinski definition) is 0. The number of aromatic nitrogens is 2. The van der Waals surface area contributed by atoms with E-state index < -0.39 is 0 Å². The van der Waals surface area contributed by atoms with E-state index >= 15 is 0 Å². The molecule has 0 saturated carbocycles. The van der Waals surface area contributed by atoms with Gasteiger partial charge >= 0.3 is 0 Å². The predicted octanol–water partition coefficient (Wildman–Crippen LogP) is 2.49. The van der Waals surface area contributed by atoms with Crippen LogP contribution in [0.1, 0.15) is 44.1 Å². The molecule has 0 radical (unpaired) electrons. The Balaban J connectivity index is 1.61. The third-order valence-corrected chi connectivity index (χ3v) is 4.51. The van der Waals surface area contributed by atoms with Gasteiger partial charge in [0.1, 0.15) is 5.82 Å². The number of likely N-dealkylation sites (tertiary alicyclic amines) is 1.